The van der Waals surface area contributed by atoms with Gasteiger partial charge >= 0.3 is 6.18 Å². The second-order valence-corrected chi connectivity index (χ2v) is 6.54. The van der Waals surface area contributed by atoms with Crippen molar-refractivity contribution in [3.63, 3.8) is 0 Å². The van der Waals surface area contributed by atoms with Gasteiger partial charge in [-0.1, -0.05) is 19.1 Å². The molecule has 0 fully saturated rings. The van der Waals surface area contributed by atoms with Crippen LogP contribution >= 0.6 is 0 Å². The van der Waals surface area contributed by atoms with E-state index in [0.717, 1.165) is 12.1 Å². The van der Waals surface area contributed by atoms with Crippen LogP contribution in [0.4, 0.5) is 13.2 Å². The minimum absolute atomic E-state index is 0.118. The molecule has 0 N–H and O–H groups in total. The number of hydrogen-bond donors (Lipinski definition) is 0. The Morgan fingerprint density at radius 1 is 1.17 bits per heavy atom. The lowest BCUT2D eigenvalue weighted by Crippen LogP contribution is -2.03. The van der Waals surface area contributed by atoms with E-state index in [2.05, 4.69) is 4.98 Å². The number of aromatic nitrogens is 1. The molecule has 3 rings (SSSR count). The first-order valence-electron chi connectivity index (χ1n) is 6.85. The zero-order chi connectivity index (χ0) is 16.6. The SMILES string of the molecule is CCS(=O)c1ccccc1-c1nc2cc(C(F)(F)F)ccc2o1. The molecule has 3 aromatic rings. The molecule has 1 aromatic heterocycles. The van der Waals surface area contributed by atoms with Crippen molar-refractivity contribution >= 4 is 21.9 Å². The van der Waals surface area contributed by atoms with Gasteiger partial charge in [-0.25, -0.2) is 4.98 Å². The van der Waals surface area contributed by atoms with Crippen LogP contribution in [0.1, 0.15) is 12.5 Å². The van der Waals surface area contributed by atoms with Gasteiger partial charge in [-0.2, -0.15) is 13.2 Å². The van der Waals surface area contributed by atoms with Gasteiger partial charge in [0.05, 0.1) is 26.8 Å². The third-order valence-electron chi connectivity index (χ3n) is 3.34. The molecule has 23 heavy (non-hydrogen) atoms. The summed E-state index contributed by atoms with van der Waals surface area (Å²) < 4.78 is 55.9. The van der Waals surface area contributed by atoms with Gasteiger partial charge < -0.3 is 4.42 Å². The van der Waals surface area contributed by atoms with Crippen LogP contribution in [-0.4, -0.2) is 14.9 Å². The first-order chi connectivity index (χ1) is 10.9. The second kappa shape index (κ2) is 5.81. The van der Waals surface area contributed by atoms with Crippen molar-refractivity contribution in [3.05, 3.63) is 48.0 Å². The predicted octanol–water partition coefficient (Wildman–Crippen LogP) is 4.64. The number of hydrogen-bond acceptors (Lipinski definition) is 3. The third-order valence-corrected chi connectivity index (χ3v) is 4.71. The average molecular weight is 339 g/mol. The Morgan fingerprint density at radius 3 is 2.61 bits per heavy atom. The molecular weight excluding hydrogens is 327 g/mol. The lowest BCUT2D eigenvalue weighted by molar-refractivity contribution is -0.137. The lowest BCUT2D eigenvalue weighted by atomic mass is 10.2. The number of benzene rings is 2. The van der Waals surface area contributed by atoms with Crippen molar-refractivity contribution in [1.29, 1.82) is 0 Å². The molecule has 3 nitrogen and oxygen atoms in total. The van der Waals surface area contributed by atoms with Gasteiger partial charge in [-0.3, -0.25) is 4.21 Å². The molecule has 1 unspecified atom stereocenters. The zero-order valence-corrected chi connectivity index (χ0v) is 12.9. The van der Waals surface area contributed by atoms with Gasteiger partial charge in [-0.15, -0.1) is 0 Å². The van der Waals surface area contributed by atoms with Crippen molar-refractivity contribution < 1.29 is 21.8 Å². The molecular formula is C16H12F3NO2S. The Balaban J connectivity index is 2.13. The molecule has 1 heterocycles. The highest BCUT2D eigenvalue weighted by Gasteiger charge is 2.31. The number of nitrogens with zero attached hydrogens (tertiary/aromatic N) is 1. The topological polar surface area (TPSA) is 43.1 Å². The molecule has 0 radical (unpaired) electrons. The Bertz CT molecular complexity index is 886. The fourth-order valence-corrected chi connectivity index (χ4v) is 3.16. The maximum absolute atomic E-state index is 12.8. The molecule has 0 saturated carbocycles. The minimum Gasteiger partial charge on any atom is -0.436 e. The van der Waals surface area contributed by atoms with E-state index in [0.29, 0.717) is 16.2 Å². The van der Waals surface area contributed by atoms with Crippen LogP contribution in [0.15, 0.2) is 51.8 Å². The summed E-state index contributed by atoms with van der Waals surface area (Å²) in [6.07, 6.45) is -4.44. The van der Waals surface area contributed by atoms with Crippen LogP contribution in [0, 0.1) is 0 Å². The van der Waals surface area contributed by atoms with E-state index < -0.39 is 22.5 Å². The van der Waals surface area contributed by atoms with E-state index >= 15 is 0 Å². The van der Waals surface area contributed by atoms with Crippen molar-refractivity contribution in [2.45, 2.75) is 18.0 Å². The van der Waals surface area contributed by atoms with Crippen LogP contribution in [-0.2, 0) is 17.0 Å². The Kier molecular flexibility index (Phi) is 3.97. The molecule has 0 amide bonds. The summed E-state index contributed by atoms with van der Waals surface area (Å²) in [5.41, 5.74) is 0.115. The summed E-state index contributed by atoms with van der Waals surface area (Å²) in [4.78, 5) is 4.69. The number of rotatable bonds is 3. The molecule has 120 valence electrons. The van der Waals surface area contributed by atoms with Crippen molar-refractivity contribution in [2.75, 3.05) is 5.75 Å². The van der Waals surface area contributed by atoms with E-state index in [1.165, 1.54) is 6.07 Å². The fourth-order valence-electron chi connectivity index (χ4n) is 2.22. The van der Waals surface area contributed by atoms with E-state index in [1.54, 1.807) is 31.2 Å². The highest BCUT2D eigenvalue weighted by atomic mass is 32.2. The van der Waals surface area contributed by atoms with Crippen LogP contribution in [0.25, 0.3) is 22.6 Å². The standard InChI is InChI=1S/C16H12F3NO2S/c1-2-23(21)14-6-4-3-5-11(14)15-20-12-9-10(16(17,18)19)7-8-13(12)22-15/h3-9H,2H2,1H3. The Hall–Kier alpha value is -2.15. The molecule has 0 spiro atoms. The van der Waals surface area contributed by atoms with Crippen LogP contribution in [0.5, 0.6) is 0 Å². The Labute approximate surface area is 132 Å². The first kappa shape index (κ1) is 15.7. The van der Waals surface area contributed by atoms with E-state index in [9.17, 15) is 17.4 Å². The van der Waals surface area contributed by atoms with Crippen molar-refractivity contribution in [1.82, 2.24) is 4.98 Å². The summed E-state index contributed by atoms with van der Waals surface area (Å²) in [6.45, 7) is 1.79. The van der Waals surface area contributed by atoms with Gasteiger partial charge in [0.2, 0.25) is 5.89 Å². The minimum atomic E-state index is -4.44. The lowest BCUT2D eigenvalue weighted by Gasteiger charge is -2.04. The average Bonchev–Trinajstić information content (AvgIpc) is 2.96. The molecule has 0 aliphatic rings. The van der Waals surface area contributed by atoms with Gasteiger partial charge in [0, 0.05) is 5.75 Å². The van der Waals surface area contributed by atoms with Gasteiger partial charge in [0.1, 0.15) is 5.52 Å². The summed E-state index contributed by atoms with van der Waals surface area (Å²) in [5.74, 6) is 0.590. The maximum atomic E-state index is 12.8. The molecule has 0 bridgehead atoms. The summed E-state index contributed by atoms with van der Waals surface area (Å²) >= 11 is 0. The monoisotopic (exact) mass is 339 g/mol. The summed E-state index contributed by atoms with van der Waals surface area (Å²) in [7, 11) is -1.22. The number of halogens is 3. The van der Waals surface area contributed by atoms with E-state index in [-0.39, 0.29) is 17.0 Å². The number of oxazole rings is 1. The molecule has 1 atom stereocenters. The van der Waals surface area contributed by atoms with Gasteiger partial charge in [-0.05, 0) is 30.3 Å². The number of alkyl halides is 3. The smallest absolute Gasteiger partial charge is 0.416 e. The van der Waals surface area contributed by atoms with Crippen LogP contribution in [0.2, 0.25) is 0 Å². The maximum Gasteiger partial charge on any atom is 0.416 e. The quantitative estimate of drug-likeness (QED) is 0.698. The molecule has 0 aliphatic heterocycles. The molecule has 0 saturated heterocycles. The first-order valence-corrected chi connectivity index (χ1v) is 8.17. The van der Waals surface area contributed by atoms with Crippen LogP contribution in [0.3, 0.4) is 0 Å². The third kappa shape index (κ3) is 3.01. The number of fused-ring (bicyclic) bond motifs is 1. The van der Waals surface area contributed by atoms with Crippen molar-refractivity contribution in [2.24, 2.45) is 0 Å². The van der Waals surface area contributed by atoms with Crippen LogP contribution < -0.4 is 0 Å². The van der Waals surface area contributed by atoms with E-state index in [1.807, 2.05) is 0 Å². The molecule has 7 heteroatoms. The van der Waals surface area contributed by atoms with E-state index in [4.69, 9.17) is 4.42 Å². The predicted molar refractivity (Wildman–Crippen MR) is 81.4 cm³/mol. The summed E-state index contributed by atoms with van der Waals surface area (Å²) in [5, 5.41) is 0. The largest absolute Gasteiger partial charge is 0.436 e. The highest BCUT2D eigenvalue weighted by molar-refractivity contribution is 7.85. The zero-order valence-electron chi connectivity index (χ0n) is 12.1. The summed E-state index contributed by atoms with van der Waals surface area (Å²) in [6, 6.07) is 10.0. The normalized spacial score (nSPS) is 13.4. The fraction of sp³-hybridized carbons (Fsp3) is 0.188. The highest BCUT2D eigenvalue weighted by Crippen LogP contribution is 2.33. The second-order valence-electron chi connectivity index (χ2n) is 4.83. The molecule has 2 aromatic carbocycles. The van der Waals surface area contributed by atoms with Gasteiger partial charge in [0.15, 0.2) is 5.58 Å². The van der Waals surface area contributed by atoms with Crippen molar-refractivity contribution in [3.8, 4) is 11.5 Å². The Morgan fingerprint density at radius 2 is 1.91 bits per heavy atom. The van der Waals surface area contributed by atoms with Gasteiger partial charge in [0.25, 0.3) is 0 Å². The molecule has 0 aliphatic carbocycles.